The minimum absolute atomic E-state index is 0.136. The van der Waals surface area contributed by atoms with Gasteiger partial charge < -0.3 is 20.5 Å². The van der Waals surface area contributed by atoms with Gasteiger partial charge >= 0.3 is 0 Å². The molecule has 6 nitrogen and oxygen atoms in total. The van der Waals surface area contributed by atoms with Gasteiger partial charge in [-0.15, -0.1) is 11.8 Å². The Balaban J connectivity index is 1.15. The van der Waals surface area contributed by atoms with Crippen molar-refractivity contribution in [3.05, 3.63) is 30.1 Å². The van der Waals surface area contributed by atoms with Crippen LogP contribution in [0.2, 0.25) is 0 Å². The highest BCUT2D eigenvalue weighted by molar-refractivity contribution is 7.99. The molecule has 0 radical (unpaired) electrons. The standard InChI is InChI=1S/C21H31N5OS/c22-17(21(27)26-13-14-28-15-26)5-3-4-10-25-11-8-16(9-12-25)20-23-18-6-1-2-7-19(18)24-20/h1-2,6-7,16-17H,3-5,8-15,22H2,(H,23,24). The summed E-state index contributed by atoms with van der Waals surface area (Å²) >= 11 is 1.81. The zero-order chi connectivity index (χ0) is 19.3. The van der Waals surface area contributed by atoms with E-state index in [9.17, 15) is 4.79 Å². The summed E-state index contributed by atoms with van der Waals surface area (Å²) in [5, 5.41) is 0. The lowest BCUT2D eigenvalue weighted by Gasteiger charge is -2.31. The number of aromatic amines is 1. The maximum absolute atomic E-state index is 12.2. The quantitative estimate of drug-likeness (QED) is 0.698. The molecule has 3 N–H and O–H groups in total. The Morgan fingerprint density at radius 3 is 2.82 bits per heavy atom. The van der Waals surface area contributed by atoms with Crippen LogP contribution in [0, 0.1) is 0 Å². The van der Waals surface area contributed by atoms with Crippen LogP contribution in [0.15, 0.2) is 24.3 Å². The number of hydrogen-bond acceptors (Lipinski definition) is 5. The van der Waals surface area contributed by atoms with Gasteiger partial charge in [-0.25, -0.2) is 4.98 Å². The van der Waals surface area contributed by atoms with E-state index in [1.165, 1.54) is 0 Å². The number of rotatable bonds is 7. The summed E-state index contributed by atoms with van der Waals surface area (Å²) in [6, 6.07) is 7.94. The fraction of sp³-hybridized carbons (Fsp3) is 0.619. The number of likely N-dealkylation sites (tertiary alicyclic amines) is 1. The fourth-order valence-corrected chi connectivity index (χ4v) is 5.20. The van der Waals surface area contributed by atoms with Crippen LogP contribution in [0.4, 0.5) is 0 Å². The number of benzene rings is 1. The van der Waals surface area contributed by atoms with Gasteiger partial charge in [0.25, 0.3) is 0 Å². The predicted molar refractivity (Wildman–Crippen MR) is 115 cm³/mol. The van der Waals surface area contributed by atoms with Gasteiger partial charge in [-0.3, -0.25) is 4.79 Å². The molecule has 0 saturated carbocycles. The Morgan fingerprint density at radius 1 is 1.25 bits per heavy atom. The number of carbonyl (C=O) groups is 1. The number of unbranched alkanes of at least 4 members (excludes halogenated alkanes) is 1. The van der Waals surface area contributed by atoms with Gasteiger partial charge in [0.2, 0.25) is 5.91 Å². The Morgan fingerprint density at radius 2 is 2.07 bits per heavy atom. The number of H-pyrrole nitrogens is 1. The van der Waals surface area contributed by atoms with Gasteiger partial charge in [-0.2, -0.15) is 0 Å². The maximum atomic E-state index is 12.2. The topological polar surface area (TPSA) is 78.2 Å². The molecule has 152 valence electrons. The number of carbonyl (C=O) groups excluding carboxylic acids is 1. The second kappa shape index (κ2) is 9.29. The molecule has 28 heavy (non-hydrogen) atoms. The maximum Gasteiger partial charge on any atom is 0.240 e. The number of imidazole rings is 1. The number of fused-ring (bicyclic) bond motifs is 1. The first-order valence-corrected chi connectivity index (χ1v) is 11.7. The molecule has 1 amide bonds. The van der Waals surface area contributed by atoms with Crippen LogP contribution in [0.25, 0.3) is 11.0 Å². The van der Waals surface area contributed by atoms with E-state index >= 15 is 0 Å². The van der Waals surface area contributed by atoms with E-state index in [1.54, 1.807) is 0 Å². The number of para-hydroxylation sites is 2. The van der Waals surface area contributed by atoms with Gasteiger partial charge in [0.15, 0.2) is 0 Å². The molecule has 2 aliphatic rings. The number of piperidine rings is 1. The SMILES string of the molecule is NC(CCCCN1CCC(c2nc3ccccc3[nH]2)CC1)C(=O)N1CCSC1. The molecule has 1 unspecified atom stereocenters. The monoisotopic (exact) mass is 401 g/mol. The summed E-state index contributed by atoms with van der Waals surface area (Å²) in [4.78, 5) is 25.0. The van der Waals surface area contributed by atoms with Gasteiger partial charge in [-0.05, 0) is 57.5 Å². The molecule has 1 aromatic heterocycles. The van der Waals surface area contributed by atoms with Crippen LogP contribution in [0.3, 0.4) is 0 Å². The number of hydrogen-bond donors (Lipinski definition) is 2. The summed E-state index contributed by atoms with van der Waals surface area (Å²) in [6.07, 6.45) is 5.26. The minimum Gasteiger partial charge on any atom is -0.342 e. The van der Waals surface area contributed by atoms with Crippen molar-refractivity contribution in [3.63, 3.8) is 0 Å². The lowest BCUT2D eigenvalue weighted by molar-refractivity contribution is -0.131. The average molecular weight is 402 g/mol. The van der Waals surface area contributed by atoms with E-state index in [0.29, 0.717) is 5.92 Å². The van der Waals surface area contributed by atoms with E-state index < -0.39 is 0 Å². The van der Waals surface area contributed by atoms with Crippen molar-refractivity contribution in [2.45, 2.75) is 44.1 Å². The largest absolute Gasteiger partial charge is 0.342 e. The average Bonchev–Trinajstić information content (AvgIpc) is 3.40. The van der Waals surface area contributed by atoms with Crippen molar-refractivity contribution in [1.29, 1.82) is 0 Å². The van der Waals surface area contributed by atoms with E-state index in [4.69, 9.17) is 10.7 Å². The third-order valence-corrected chi connectivity index (χ3v) is 6.97. The lowest BCUT2D eigenvalue weighted by Crippen LogP contribution is -2.42. The Labute approximate surface area is 171 Å². The Hall–Kier alpha value is -1.57. The molecule has 0 bridgehead atoms. The number of amides is 1. The van der Waals surface area contributed by atoms with Crippen LogP contribution in [-0.2, 0) is 4.79 Å². The summed E-state index contributed by atoms with van der Waals surface area (Å²) in [5.41, 5.74) is 8.31. The molecule has 7 heteroatoms. The summed E-state index contributed by atoms with van der Waals surface area (Å²) in [5.74, 6) is 3.67. The van der Waals surface area contributed by atoms with Gasteiger partial charge in [0.05, 0.1) is 23.0 Å². The predicted octanol–water partition coefficient (Wildman–Crippen LogP) is 2.77. The molecule has 1 aromatic carbocycles. The van der Waals surface area contributed by atoms with E-state index in [-0.39, 0.29) is 11.9 Å². The second-order valence-electron chi connectivity index (χ2n) is 8.00. The molecule has 2 saturated heterocycles. The highest BCUT2D eigenvalue weighted by Crippen LogP contribution is 2.27. The third-order valence-electron chi connectivity index (χ3n) is 6.00. The van der Waals surface area contributed by atoms with Crippen LogP contribution >= 0.6 is 11.8 Å². The summed E-state index contributed by atoms with van der Waals surface area (Å²) in [7, 11) is 0. The highest BCUT2D eigenvalue weighted by Gasteiger charge is 2.25. The third kappa shape index (κ3) is 4.70. The molecule has 0 aliphatic carbocycles. The van der Waals surface area contributed by atoms with Crippen LogP contribution in [-0.4, -0.2) is 69.5 Å². The summed E-state index contributed by atoms with van der Waals surface area (Å²) < 4.78 is 0. The normalized spacial score (nSPS) is 20.1. The summed E-state index contributed by atoms with van der Waals surface area (Å²) in [6.45, 7) is 4.21. The molecule has 2 fully saturated rings. The Kier molecular flexibility index (Phi) is 6.54. The molecule has 2 aliphatic heterocycles. The molecule has 3 heterocycles. The number of nitrogens with one attached hydrogen (secondary N) is 1. The van der Waals surface area contributed by atoms with Crippen LogP contribution in [0.1, 0.15) is 43.8 Å². The first-order chi connectivity index (χ1) is 13.7. The van der Waals surface area contributed by atoms with Gasteiger partial charge in [0.1, 0.15) is 5.82 Å². The Bertz CT molecular complexity index is 747. The van der Waals surface area contributed by atoms with Crippen molar-refractivity contribution in [2.24, 2.45) is 5.73 Å². The van der Waals surface area contributed by atoms with Crippen LogP contribution in [0.5, 0.6) is 0 Å². The second-order valence-corrected chi connectivity index (χ2v) is 9.07. The van der Waals surface area contributed by atoms with Crippen molar-refractivity contribution in [3.8, 4) is 0 Å². The zero-order valence-electron chi connectivity index (χ0n) is 16.5. The van der Waals surface area contributed by atoms with Gasteiger partial charge in [0, 0.05) is 18.2 Å². The number of nitrogens with two attached hydrogens (primary N) is 1. The smallest absolute Gasteiger partial charge is 0.240 e. The molecular formula is C21H31N5OS. The van der Waals surface area contributed by atoms with Crippen molar-refractivity contribution >= 4 is 28.7 Å². The first kappa shape index (κ1) is 19.7. The van der Waals surface area contributed by atoms with Crippen molar-refractivity contribution < 1.29 is 4.79 Å². The number of aromatic nitrogens is 2. The molecular weight excluding hydrogens is 370 g/mol. The molecule has 1 atom stereocenters. The first-order valence-electron chi connectivity index (χ1n) is 10.5. The van der Waals surface area contributed by atoms with Crippen molar-refractivity contribution in [1.82, 2.24) is 19.8 Å². The zero-order valence-corrected chi connectivity index (χ0v) is 17.3. The van der Waals surface area contributed by atoms with E-state index in [0.717, 1.165) is 86.8 Å². The number of thioether (sulfide) groups is 1. The highest BCUT2D eigenvalue weighted by atomic mass is 32.2. The molecule has 4 rings (SSSR count). The fourth-order valence-electron chi connectivity index (χ4n) is 4.24. The van der Waals surface area contributed by atoms with E-state index in [1.807, 2.05) is 22.7 Å². The van der Waals surface area contributed by atoms with Crippen LogP contribution < -0.4 is 5.73 Å². The molecule has 2 aromatic rings. The lowest BCUT2D eigenvalue weighted by atomic mass is 9.96. The molecule has 0 spiro atoms. The van der Waals surface area contributed by atoms with Crippen molar-refractivity contribution in [2.75, 3.05) is 37.8 Å². The van der Waals surface area contributed by atoms with E-state index in [2.05, 4.69) is 28.1 Å². The minimum atomic E-state index is -0.322. The van der Waals surface area contributed by atoms with Gasteiger partial charge in [-0.1, -0.05) is 18.6 Å². The number of nitrogens with zero attached hydrogens (tertiary/aromatic N) is 3.